The normalized spacial score (nSPS) is 11.4. The van der Waals surface area contributed by atoms with Crippen LogP contribution in [0, 0.1) is 5.41 Å². The lowest BCUT2D eigenvalue weighted by Crippen LogP contribution is -2.28. The summed E-state index contributed by atoms with van der Waals surface area (Å²) in [6.45, 7) is 8.03. The molecule has 0 fully saturated rings. The SMILES string of the molecule is CCCC(=O)c1ccccc1C(=O)C(C)(C)Cc1ccc(CC)cc1. The van der Waals surface area contributed by atoms with Crippen molar-refractivity contribution in [1.29, 1.82) is 0 Å². The van der Waals surface area contributed by atoms with Crippen molar-refractivity contribution in [3.8, 4) is 0 Å². The fraction of sp³-hybridized carbons (Fsp3) is 0.391. The van der Waals surface area contributed by atoms with Crippen LogP contribution in [-0.4, -0.2) is 11.6 Å². The summed E-state index contributed by atoms with van der Waals surface area (Å²) in [5.74, 6) is 0.0849. The van der Waals surface area contributed by atoms with E-state index in [9.17, 15) is 9.59 Å². The van der Waals surface area contributed by atoms with E-state index in [1.54, 1.807) is 12.1 Å². The minimum absolute atomic E-state index is 0.0344. The third kappa shape index (κ3) is 4.66. The Hall–Kier alpha value is -2.22. The van der Waals surface area contributed by atoms with Crippen LogP contribution in [0.2, 0.25) is 0 Å². The summed E-state index contributed by atoms with van der Waals surface area (Å²) >= 11 is 0. The number of rotatable bonds is 8. The highest BCUT2D eigenvalue weighted by Crippen LogP contribution is 2.29. The molecule has 0 aromatic heterocycles. The summed E-state index contributed by atoms with van der Waals surface area (Å²) in [7, 11) is 0. The van der Waals surface area contributed by atoms with Crippen LogP contribution in [0.4, 0.5) is 0 Å². The number of Topliss-reactive ketones (excluding diaryl/α,β-unsaturated/α-hetero) is 2. The number of hydrogen-bond donors (Lipinski definition) is 0. The van der Waals surface area contributed by atoms with Gasteiger partial charge >= 0.3 is 0 Å². The number of hydrogen-bond acceptors (Lipinski definition) is 2. The third-order valence-electron chi connectivity index (χ3n) is 4.64. The van der Waals surface area contributed by atoms with E-state index in [0.717, 1.165) is 18.4 Å². The van der Waals surface area contributed by atoms with Gasteiger partial charge in [-0.05, 0) is 30.4 Å². The molecule has 0 atom stereocenters. The van der Waals surface area contributed by atoms with Crippen LogP contribution in [-0.2, 0) is 12.8 Å². The Morgan fingerprint density at radius 3 is 1.96 bits per heavy atom. The fourth-order valence-corrected chi connectivity index (χ4v) is 3.13. The average molecular weight is 336 g/mol. The first kappa shape index (κ1) is 19.1. The molecule has 2 nitrogen and oxygen atoms in total. The summed E-state index contributed by atoms with van der Waals surface area (Å²) in [4.78, 5) is 25.5. The molecule has 0 unspecified atom stereocenters. The van der Waals surface area contributed by atoms with Crippen LogP contribution in [0.3, 0.4) is 0 Å². The molecule has 132 valence electrons. The van der Waals surface area contributed by atoms with E-state index >= 15 is 0 Å². The van der Waals surface area contributed by atoms with E-state index in [1.807, 2.05) is 32.9 Å². The van der Waals surface area contributed by atoms with Gasteiger partial charge in [-0.3, -0.25) is 9.59 Å². The van der Waals surface area contributed by atoms with Gasteiger partial charge in [0.1, 0.15) is 0 Å². The van der Waals surface area contributed by atoms with E-state index in [2.05, 4.69) is 31.2 Å². The summed E-state index contributed by atoms with van der Waals surface area (Å²) in [5, 5.41) is 0. The van der Waals surface area contributed by atoms with Crippen molar-refractivity contribution in [1.82, 2.24) is 0 Å². The minimum Gasteiger partial charge on any atom is -0.294 e. The van der Waals surface area contributed by atoms with Gasteiger partial charge in [-0.15, -0.1) is 0 Å². The van der Waals surface area contributed by atoms with Crippen molar-refractivity contribution in [3.63, 3.8) is 0 Å². The molecule has 2 aromatic rings. The molecule has 25 heavy (non-hydrogen) atoms. The molecule has 0 spiro atoms. The van der Waals surface area contributed by atoms with Gasteiger partial charge in [0.2, 0.25) is 0 Å². The van der Waals surface area contributed by atoms with Gasteiger partial charge in [0.15, 0.2) is 11.6 Å². The maximum Gasteiger partial charge on any atom is 0.169 e. The molecule has 2 aromatic carbocycles. The zero-order valence-corrected chi connectivity index (χ0v) is 15.8. The van der Waals surface area contributed by atoms with E-state index < -0.39 is 5.41 Å². The van der Waals surface area contributed by atoms with Gasteiger partial charge in [0, 0.05) is 23.0 Å². The topological polar surface area (TPSA) is 34.1 Å². The monoisotopic (exact) mass is 336 g/mol. The van der Waals surface area contributed by atoms with Crippen molar-refractivity contribution in [3.05, 3.63) is 70.8 Å². The zero-order valence-electron chi connectivity index (χ0n) is 15.8. The summed E-state index contributed by atoms with van der Waals surface area (Å²) in [6.07, 6.45) is 2.93. The Morgan fingerprint density at radius 2 is 1.40 bits per heavy atom. The third-order valence-corrected chi connectivity index (χ3v) is 4.64. The molecule has 0 saturated carbocycles. The van der Waals surface area contributed by atoms with Gasteiger partial charge in [0.25, 0.3) is 0 Å². The average Bonchev–Trinajstić information content (AvgIpc) is 2.61. The highest BCUT2D eigenvalue weighted by molar-refractivity contribution is 6.10. The number of benzene rings is 2. The van der Waals surface area contributed by atoms with Crippen LogP contribution in [0.5, 0.6) is 0 Å². The lowest BCUT2D eigenvalue weighted by molar-refractivity contribution is 0.0830. The Balaban J connectivity index is 2.27. The quantitative estimate of drug-likeness (QED) is 0.581. The predicted octanol–water partition coefficient (Wildman–Crippen LogP) is 5.68. The van der Waals surface area contributed by atoms with Crippen LogP contribution in [0.15, 0.2) is 48.5 Å². The van der Waals surface area contributed by atoms with Crippen LogP contribution in [0.25, 0.3) is 0 Å². The lowest BCUT2D eigenvalue weighted by Gasteiger charge is -2.24. The Kier molecular flexibility index (Phi) is 6.30. The predicted molar refractivity (Wildman–Crippen MR) is 103 cm³/mol. The van der Waals surface area contributed by atoms with Gasteiger partial charge in [-0.1, -0.05) is 76.2 Å². The van der Waals surface area contributed by atoms with Gasteiger partial charge in [-0.2, -0.15) is 0 Å². The Morgan fingerprint density at radius 1 is 0.840 bits per heavy atom. The lowest BCUT2D eigenvalue weighted by atomic mass is 9.77. The van der Waals surface area contributed by atoms with Crippen molar-refractivity contribution >= 4 is 11.6 Å². The Bertz CT molecular complexity index is 739. The molecular weight excluding hydrogens is 308 g/mol. The zero-order chi connectivity index (χ0) is 18.4. The smallest absolute Gasteiger partial charge is 0.169 e. The molecule has 0 amide bonds. The first-order chi connectivity index (χ1) is 11.9. The van der Waals surface area contributed by atoms with Crippen molar-refractivity contribution in [2.24, 2.45) is 5.41 Å². The molecule has 0 radical (unpaired) electrons. The molecule has 0 aliphatic carbocycles. The number of aryl methyl sites for hydroxylation is 1. The summed E-state index contributed by atoms with van der Waals surface area (Å²) in [5.41, 5.74) is 2.99. The van der Waals surface area contributed by atoms with Crippen molar-refractivity contribution < 1.29 is 9.59 Å². The van der Waals surface area contributed by atoms with E-state index in [-0.39, 0.29) is 11.6 Å². The van der Waals surface area contributed by atoms with E-state index in [0.29, 0.717) is 24.0 Å². The summed E-state index contributed by atoms with van der Waals surface area (Å²) in [6, 6.07) is 15.7. The Labute approximate surface area is 151 Å². The standard InChI is InChI=1S/C23H28O2/c1-5-9-21(24)19-10-7-8-11-20(19)22(25)23(3,4)16-18-14-12-17(6-2)13-15-18/h7-8,10-15H,5-6,9,16H2,1-4H3. The molecule has 2 rings (SSSR count). The molecule has 0 aliphatic heterocycles. The van der Waals surface area contributed by atoms with E-state index in [4.69, 9.17) is 0 Å². The first-order valence-corrected chi connectivity index (χ1v) is 9.14. The minimum atomic E-state index is -0.559. The molecule has 0 bridgehead atoms. The maximum atomic E-state index is 13.2. The van der Waals surface area contributed by atoms with Crippen LogP contribution in [0.1, 0.15) is 72.4 Å². The molecule has 2 heteroatoms. The first-order valence-electron chi connectivity index (χ1n) is 9.14. The van der Waals surface area contributed by atoms with Crippen molar-refractivity contribution in [2.75, 3.05) is 0 Å². The second-order valence-corrected chi connectivity index (χ2v) is 7.28. The second-order valence-electron chi connectivity index (χ2n) is 7.28. The van der Waals surface area contributed by atoms with Gasteiger partial charge in [-0.25, -0.2) is 0 Å². The molecule has 0 heterocycles. The highest BCUT2D eigenvalue weighted by atomic mass is 16.1. The number of carbonyl (C=O) groups is 2. The largest absolute Gasteiger partial charge is 0.294 e. The molecule has 0 aliphatic rings. The second kappa shape index (κ2) is 8.24. The number of ketones is 2. The fourth-order valence-electron chi connectivity index (χ4n) is 3.13. The molecule has 0 N–H and O–H groups in total. The summed E-state index contributed by atoms with van der Waals surface area (Å²) < 4.78 is 0. The van der Waals surface area contributed by atoms with Gasteiger partial charge < -0.3 is 0 Å². The number of carbonyl (C=O) groups excluding carboxylic acids is 2. The van der Waals surface area contributed by atoms with Gasteiger partial charge in [0.05, 0.1) is 0 Å². The van der Waals surface area contributed by atoms with Crippen LogP contribution >= 0.6 is 0 Å². The van der Waals surface area contributed by atoms with Crippen molar-refractivity contribution in [2.45, 2.75) is 53.4 Å². The maximum absolute atomic E-state index is 13.2. The molecular formula is C23H28O2. The van der Waals surface area contributed by atoms with Crippen LogP contribution < -0.4 is 0 Å². The highest BCUT2D eigenvalue weighted by Gasteiger charge is 2.31. The van der Waals surface area contributed by atoms with E-state index in [1.165, 1.54) is 5.56 Å². The molecule has 0 saturated heterocycles.